The van der Waals surface area contributed by atoms with Gasteiger partial charge in [0.25, 0.3) is 0 Å². The summed E-state index contributed by atoms with van der Waals surface area (Å²) in [4.78, 5) is 10.6. The van der Waals surface area contributed by atoms with E-state index >= 15 is 0 Å². The molecule has 0 aromatic heterocycles. The second-order valence-electron chi connectivity index (χ2n) is 2.19. The maximum absolute atomic E-state index is 10.6. The summed E-state index contributed by atoms with van der Waals surface area (Å²) < 4.78 is 0. The summed E-state index contributed by atoms with van der Waals surface area (Å²) in [5.41, 5.74) is 2.38. The lowest BCUT2D eigenvalue weighted by Gasteiger charge is -2.11. The van der Waals surface area contributed by atoms with E-state index in [0.717, 1.165) is 6.42 Å². The lowest BCUT2D eigenvalue weighted by Crippen LogP contribution is -2.26. The number of amides is 1. The van der Waals surface area contributed by atoms with Crippen molar-refractivity contribution < 1.29 is 4.79 Å². The molecule has 1 heterocycles. The van der Waals surface area contributed by atoms with Gasteiger partial charge in [-0.15, -0.1) is 0 Å². The standard InChI is InChI=1S/C6H10N2O/c1-2-5-3-6(9)8-7-4-5/h4-5H,2-3H2,1H3,(H,8,9). The highest BCUT2D eigenvalue weighted by Crippen LogP contribution is 2.07. The van der Waals surface area contributed by atoms with E-state index in [4.69, 9.17) is 0 Å². The molecule has 0 saturated carbocycles. The predicted octanol–water partition coefficient (Wildman–Crippen LogP) is 0.518. The van der Waals surface area contributed by atoms with Crippen LogP contribution in [-0.4, -0.2) is 12.1 Å². The molecule has 0 aliphatic carbocycles. The van der Waals surface area contributed by atoms with Gasteiger partial charge >= 0.3 is 0 Å². The minimum Gasteiger partial charge on any atom is -0.273 e. The Labute approximate surface area is 54.1 Å². The minimum absolute atomic E-state index is 0.0318. The number of nitrogens with zero attached hydrogens (tertiary/aromatic N) is 1. The highest BCUT2D eigenvalue weighted by atomic mass is 16.2. The van der Waals surface area contributed by atoms with Gasteiger partial charge in [-0.25, -0.2) is 5.43 Å². The molecule has 1 atom stereocenters. The van der Waals surface area contributed by atoms with Crippen molar-refractivity contribution in [3.05, 3.63) is 0 Å². The van der Waals surface area contributed by atoms with Crippen molar-refractivity contribution in [1.29, 1.82) is 0 Å². The van der Waals surface area contributed by atoms with Gasteiger partial charge in [-0.3, -0.25) is 4.79 Å². The van der Waals surface area contributed by atoms with Gasteiger partial charge in [-0.2, -0.15) is 5.10 Å². The van der Waals surface area contributed by atoms with Gasteiger partial charge in [0.1, 0.15) is 0 Å². The number of rotatable bonds is 1. The lowest BCUT2D eigenvalue weighted by atomic mass is 10.0. The number of carbonyl (C=O) groups is 1. The Morgan fingerprint density at radius 3 is 3.22 bits per heavy atom. The summed E-state index contributed by atoms with van der Waals surface area (Å²) in [6.45, 7) is 2.05. The molecule has 3 heteroatoms. The van der Waals surface area contributed by atoms with Crippen LogP contribution in [0.5, 0.6) is 0 Å². The predicted molar refractivity (Wildman–Crippen MR) is 35.0 cm³/mol. The summed E-state index contributed by atoms with van der Waals surface area (Å²) in [5, 5.41) is 3.69. The Bertz CT molecular complexity index is 142. The first-order valence-corrected chi connectivity index (χ1v) is 3.15. The van der Waals surface area contributed by atoms with Crippen LogP contribution in [0.4, 0.5) is 0 Å². The Hall–Kier alpha value is -0.860. The maximum Gasteiger partial charge on any atom is 0.240 e. The molecule has 1 aliphatic rings. The molecule has 0 bridgehead atoms. The molecule has 9 heavy (non-hydrogen) atoms. The Kier molecular flexibility index (Phi) is 1.82. The zero-order valence-electron chi connectivity index (χ0n) is 5.42. The third-order valence-corrected chi connectivity index (χ3v) is 1.45. The van der Waals surface area contributed by atoms with Crippen LogP contribution < -0.4 is 5.43 Å². The normalized spacial score (nSPS) is 25.9. The van der Waals surface area contributed by atoms with Gasteiger partial charge in [-0.1, -0.05) is 6.92 Å². The zero-order valence-corrected chi connectivity index (χ0v) is 5.42. The van der Waals surface area contributed by atoms with Gasteiger partial charge in [0.05, 0.1) is 0 Å². The van der Waals surface area contributed by atoms with Crippen LogP contribution in [0.1, 0.15) is 19.8 Å². The van der Waals surface area contributed by atoms with E-state index in [2.05, 4.69) is 17.5 Å². The fourth-order valence-electron chi connectivity index (χ4n) is 0.801. The molecular formula is C6H10N2O. The maximum atomic E-state index is 10.6. The fourth-order valence-corrected chi connectivity index (χ4v) is 0.801. The molecule has 0 radical (unpaired) electrons. The quantitative estimate of drug-likeness (QED) is 0.546. The number of hydrogen-bond acceptors (Lipinski definition) is 2. The summed E-state index contributed by atoms with van der Waals surface area (Å²) in [7, 11) is 0. The first-order valence-electron chi connectivity index (χ1n) is 3.15. The van der Waals surface area contributed by atoms with Crippen molar-refractivity contribution >= 4 is 12.1 Å². The summed E-state index contributed by atoms with van der Waals surface area (Å²) in [6.07, 6.45) is 3.39. The Balaban J connectivity index is 2.49. The molecule has 1 unspecified atom stereocenters. The van der Waals surface area contributed by atoms with Crippen LogP contribution in [0, 0.1) is 5.92 Å². The monoisotopic (exact) mass is 126 g/mol. The molecule has 1 N–H and O–H groups in total. The van der Waals surface area contributed by atoms with Crippen LogP contribution in [0.25, 0.3) is 0 Å². The van der Waals surface area contributed by atoms with E-state index in [1.54, 1.807) is 6.21 Å². The summed E-state index contributed by atoms with van der Waals surface area (Å²) >= 11 is 0. The van der Waals surface area contributed by atoms with Crippen LogP contribution in [0.2, 0.25) is 0 Å². The van der Waals surface area contributed by atoms with Gasteiger partial charge in [-0.05, 0) is 6.42 Å². The van der Waals surface area contributed by atoms with Gasteiger partial charge in [0, 0.05) is 18.6 Å². The summed E-state index contributed by atoms with van der Waals surface area (Å²) in [5.74, 6) is 0.392. The second kappa shape index (κ2) is 2.62. The highest BCUT2D eigenvalue weighted by molar-refractivity contribution is 5.83. The van der Waals surface area contributed by atoms with Gasteiger partial charge in [0.2, 0.25) is 5.91 Å². The van der Waals surface area contributed by atoms with E-state index in [-0.39, 0.29) is 5.91 Å². The SMILES string of the molecule is CCC1C=NNC(=O)C1. The lowest BCUT2D eigenvalue weighted by molar-refractivity contribution is -0.121. The minimum atomic E-state index is 0.0318. The molecule has 0 spiro atoms. The van der Waals surface area contributed by atoms with E-state index in [1.807, 2.05) is 0 Å². The number of nitrogens with one attached hydrogen (secondary N) is 1. The Morgan fingerprint density at radius 2 is 2.78 bits per heavy atom. The Morgan fingerprint density at radius 1 is 2.00 bits per heavy atom. The molecule has 0 saturated heterocycles. The van der Waals surface area contributed by atoms with Crippen LogP contribution in [-0.2, 0) is 4.79 Å². The van der Waals surface area contributed by atoms with Crippen molar-refractivity contribution in [3.8, 4) is 0 Å². The summed E-state index contributed by atoms with van der Waals surface area (Å²) in [6, 6.07) is 0. The first kappa shape index (κ1) is 6.26. The molecule has 3 nitrogen and oxygen atoms in total. The second-order valence-corrected chi connectivity index (χ2v) is 2.19. The van der Waals surface area contributed by atoms with E-state index in [0.29, 0.717) is 12.3 Å². The molecular weight excluding hydrogens is 116 g/mol. The molecule has 0 aromatic carbocycles. The average molecular weight is 126 g/mol. The number of hydrazone groups is 1. The first-order chi connectivity index (χ1) is 4.33. The molecule has 50 valence electrons. The topological polar surface area (TPSA) is 41.5 Å². The van der Waals surface area contributed by atoms with Crippen molar-refractivity contribution in [3.63, 3.8) is 0 Å². The largest absolute Gasteiger partial charge is 0.273 e. The van der Waals surface area contributed by atoms with Crippen LogP contribution in [0.3, 0.4) is 0 Å². The fraction of sp³-hybridized carbons (Fsp3) is 0.667. The average Bonchev–Trinajstić information content (AvgIpc) is 1.88. The van der Waals surface area contributed by atoms with Crippen LogP contribution >= 0.6 is 0 Å². The number of carbonyl (C=O) groups excluding carboxylic acids is 1. The highest BCUT2D eigenvalue weighted by Gasteiger charge is 2.12. The molecule has 0 fully saturated rings. The van der Waals surface area contributed by atoms with E-state index in [1.165, 1.54) is 0 Å². The van der Waals surface area contributed by atoms with Crippen molar-refractivity contribution in [2.45, 2.75) is 19.8 Å². The van der Waals surface area contributed by atoms with E-state index < -0.39 is 0 Å². The molecule has 0 aromatic rings. The number of hydrogen-bond donors (Lipinski definition) is 1. The third-order valence-electron chi connectivity index (χ3n) is 1.45. The van der Waals surface area contributed by atoms with Gasteiger partial charge < -0.3 is 0 Å². The van der Waals surface area contributed by atoms with E-state index in [9.17, 15) is 4.79 Å². The molecule has 1 rings (SSSR count). The zero-order chi connectivity index (χ0) is 6.69. The molecule has 1 amide bonds. The van der Waals surface area contributed by atoms with Gasteiger partial charge in [0.15, 0.2) is 0 Å². The third kappa shape index (κ3) is 1.52. The smallest absolute Gasteiger partial charge is 0.240 e. The van der Waals surface area contributed by atoms with Crippen LogP contribution in [0.15, 0.2) is 5.10 Å². The molecule has 1 aliphatic heterocycles. The van der Waals surface area contributed by atoms with Crippen molar-refractivity contribution in [2.75, 3.05) is 0 Å². The van der Waals surface area contributed by atoms with Crippen molar-refractivity contribution in [2.24, 2.45) is 11.0 Å². The van der Waals surface area contributed by atoms with Crippen molar-refractivity contribution in [1.82, 2.24) is 5.43 Å².